The average Bonchev–Trinajstić information content (AvgIpc) is 2.83. The van der Waals surface area contributed by atoms with Gasteiger partial charge in [0.05, 0.1) is 0 Å². The fourth-order valence-corrected chi connectivity index (χ4v) is 3.12. The van der Waals surface area contributed by atoms with Crippen molar-refractivity contribution in [1.29, 1.82) is 0 Å². The van der Waals surface area contributed by atoms with Gasteiger partial charge in [0.1, 0.15) is 6.04 Å². The molecule has 0 aromatic heterocycles. The van der Waals surface area contributed by atoms with Crippen molar-refractivity contribution in [2.75, 3.05) is 0 Å². The van der Waals surface area contributed by atoms with E-state index < -0.39 is 23.6 Å². The standard InChI is InChI=1S/C26H24N2O5/c29-22-13-11-19(16-23(22)30)12-14-24(31)28-21(15-18-7-3-1-4-8-18)25(32)26(33)27-17-20-9-5-2-6-10-20/h1-14,16,21,29-30H,15,17H2,(H,27,33)(H,28,31)/b14-12+. The largest absolute Gasteiger partial charge is 0.504 e. The van der Waals surface area contributed by atoms with E-state index in [4.69, 9.17) is 0 Å². The van der Waals surface area contributed by atoms with Crippen molar-refractivity contribution in [3.05, 3.63) is 102 Å². The first-order chi connectivity index (χ1) is 15.9. The van der Waals surface area contributed by atoms with Crippen LogP contribution in [-0.4, -0.2) is 33.9 Å². The van der Waals surface area contributed by atoms with Gasteiger partial charge >= 0.3 is 0 Å². The number of hydrogen-bond acceptors (Lipinski definition) is 5. The second-order valence-corrected chi connectivity index (χ2v) is 7.36. The molecule has 0 radical (unpaired) electrons. The van der Waals surface area contributed by atoms with E-state index in [-0.39, 0.29) is 24.5 Å². The van der Waals surface area contributed by atoms with Gasteiger partial charge in [-0.2, -0.15) is 0 Å². The monoisotopic (exact) mass is 444 g/mol. The Morgan fingerprint density at radius 3 is 2.09 bits per heavy atom. The summed E-state index contributed by atoms with van der Waals surface area (Å²) in [6.07, 6.45) is 2.77. The molecule has 168 valence electrons. The zero-order valence-electron chi connectivity index (χ0n) is 17.8. The van der Waals surface area contributed by atoms with E-state index in [1.807, 2.05) is 60.7 Å². The van der Waals surface area contributed by atoms with Crippen molar-refractivity contribution in [1.82, 2.24) is 10.6 Å². The number of carbonyl (C=O) groups excluding carboxylic acids is 3. The first-order valence-electron chi connectivity index (χ1n) is 10.3. The summed E-state index contributed by atoms with van der Waals surface area (Å²) >= 11 is 0. The Morgan fingerprint density at radius 2 is 1.45 bits per heavy atom. The van der Waals surface area contributed by atoms with E-state index in [1.165, 1.54) is 30.4 Å². The lowest BCUT2D eigenvalue weighted by Crippen LogP contribution is -2.48. The number of carbonyl (C=O) groups is 3. The maximum absolute atomic E-state index is 12.8. The van der Waals surface area contributed by atoms with Crippen LogP contribution in [0.3, 0.4) is 0 Å². The lowest BCUT2D eigenvalue weighted by atomic mass is 10.0. The fourth-order valence-electron chi connectivity index (χ4n) is 3.12. The van der Waals surface area contributed by atoms with E-state index >= 15 is 0 Å². The summed E-state index contributed by atoms with van der Waals surface area (Å²) in [4.78, 5) is 37.8. The number of ketones is 1. The molecule has 7 nitrogen and oxygen atoms in total. The van der Waals surface area contributed by atoms with Gasteiger partial charge in [-0.3, -0.25) is 14.4 Å². The number of aromatic hydroxyl groups is 2. The molecular weight excluding hydrogens is 420 g/mol. The van der Waals surface area contributed by atoms with Gasteiger partial charge in [-0.05, 0) is 34.9 Å². The molecular formula is C26H24N2O5. The SMILES string of the molecule is O=C(/C=C/c1ccc(O)c(O)c1)NC(Cc1ccccc1)C(=O)C(=O)NCc1ccccc1. The third kappa shape index (κ3) is 7.07. The summed E-state index contributed by atoms with van der Waals surface area (Å²) in [6.45, 7) is 0.196. The molecule has 33 heavy (non-hydrogen) atoms. The molecule has 7 heteroatoms. The Kier molecular flexibility index (Phi) is 7.96. The highest BCUT2D eigenvalue weighted by Crippen LogP contribution is 2.25. The summed E-state index contributed by atoms with van der Waals surface area (Å²) in [7, 11) is 0. The first kappa shape index (κ1) is 23.3. The van der Waals surface area contributed by atoms with Gasteiger partial charge in [0, 0.05) is 19.0 Å². The molecule has 4 N–H and O–H groups in total. The van der Waals surface area contributed by atoms with E-state index in [9.17, 15) is 24.6 Å². The average molecular weight is 444 g/mol. The lowest BCUT2D eigenvalue weighted by molar-refractivity contribution is -0.139. The number of benzene rings is 3. The van der Waals surface area contributed by atoms with Crippen LogP contribution in [0, 0.1) is 0 Å². The van der Waals surface area contributed by atoms with Crippen molar-refractivity contribution in [3.8, 4) is 11.5 Å². The van der Waals surface area contributed by atoms with Gasteiger partial charge < -0.3 is 20.8 Å². The summed E-state index contributed by atoms with van der Waals surface area (Å²) in [6, 6.07) is 21.3. The molecule has 0 aliphatic carbocycles. The Bertz CT molecular complexity index is 1140. The second-order valence-electron chi connectivity index (χ2n) is 7.36. The highest BCUT2D eigenvalue weighted by molar-refractivity contribution is 6.38. The van der Waals surface area contributed by atoms with E-state index in [0.29, 0.717) is 5.56 Å². The molecule has 2 amide bonds. The molecule has 3 aromatic carbocycles. The molecule has 3 rings (SSSR count). The fraction of sp³-hybridized carbons (Fsp3) is 0.115. The van der Waals surface area contributed by atoms with Crippen LogP contribution in [0.15, 0.2) is 84.9 Å². The molecule has 0 fully saturated rings. The van der Waals surface area contributed by atoms with Gasteiger partial charge in [0.2, 0.25) is 11.7 Å². The molecule has 0 saturated carbocycles. The lowest BCUT2D eigenvalue weighted by Gasteiger charge is -2.17. The predicted molar refractivity (Wildman–Crippen MR) is 124 cm³/mol. The Labute approximate surface area is 191 Å². The molecule has 1 atom stereocenters. The van der Waals surface area contributed by atoms with Gasteiger partial charge in [-0.1, -0.05) is 66.7 Å². The van der Waals surface area contributed by atoms with Crippen LogP contribution in [0.1, 0.15) is 16.7 Å². The molecule has 0 aliphatic heterocycles. The summed E-state index contributed by atoms with van der Waals surface area (Å²) in [5, 5.41) is 24.1. The normalized spacial score (nSPS) is 11.6. The number of phenols is 2. The van der Waals surface area contributed by atoms with Crippen LogP contribution in [0.25, 0.3) is 6.08 Å². The van der Waals surface area contributed by atoms with E-state index in [0.717, 1.165) is 11.1 Å². The molecule has 1 unspecified atom stereocenters. The predicted octanol–water partition coefficient (Wildman–Crippen LogP) is 2.72. The number of rotatable bonds is 9. The minimum Gasteiger partial charge on any atom is -0.504 e. The van der Waals surface area contributed by atoms with Crippen LogP contribution in [0.5, 0.6) is 11.5 Å². The zero-order chi connectivity index (χ0) is 23.6. The number of hydrogen-bond donors (Lipinski definition) is 4. The maximum atomic E-state index is 12.8. The topological polar surface area (TPSA) is 116 Å². The van der Waals surface area contributed by atoms with Crippen LogP contribution in [0.2, 0.25) is 0 Å². The van der Waals surface area contributed by atoms with Crippen molar-refractivity contribution in [2.45, 2.75) is 19.0 Å². The quantitative estimate of drug-likeness (QED) is 0.230. The smallest absolute Gasteiger partial charge is 0.289 e. The van der Waals surface area contributed by atoms with Crippen LogP contribution in [0.4, 0.5) is 0 Å². The maximum Gasteiger partial charge on any atom is 0.289 e. The van der Waals surface area contributed by atoms with Gasteiger partial charge in [0.25, 0.3) is 5.91 Å². The highest BCUT2D eigenvalue weighted by Gasteiger charge is 2.26. The van der Waals surface area contributed by atoms with Crippen LogP contribution in [-0.2, 0) is 27.3 Å². The van der Waals surface area contributed by atoms with Gasteiger partial charge in [-0.15, -0.1) is 0 Å². The van der Waals surface area contributed by atoms with Gasteiger partial charge in [-0.25, -0.2) is 0 Å². The van der Waals surface area contributed by atoms with Crippen molar-refractivity contribution in [2.24, 2.45) is 0 Å². The summed E-state index contributed by atoms with van der Waals surface area (Å²) in [5.74, 6) is -2.70. The Balaban J connectivity index is 1.69. The number of amides is 2. The number of nitrogens with one attached hydrogen (secondary N) is 2. The zero-order valence-corrected chi connectivity index (χ0v) is 17.8. The molecule has 0 bridgehead atoms. The molecule has 0 spiro atoms. The molecule has 0 aliphatic rings. The molecule has 3 aromatic rings. The van der Waals surface area contributed by atoms with E-state index in [2.05, 4.69) is 10.6 Å². The number of phenolic OH excluding ortho intramolecular Hbond substituents is 2. The van der Waals surface area contributed by atoms with Crippen LogP contribution < -0.4 is 10.6 Å². The molecule has 0 heterocycles. The van der Waals surface area contributed by atoms with Crippen LogP contribution >= 0.6 is 0 Å². The second kappa shape index (κ2) is 11.3. The highest BCUT2D eigenvalue weighted by atomic mass is 16.3. The Hall–Kier alpha value is -4.39. The third-order valence-electron chi connectivity index (χ3n) is 4.86. The van der Waals surface area contributed by atoms with Crippen molar-refractivity contribution < 1.29 is 24.6 Å². The molecule has 0 saturated heterocycles. The minimum absolute atomic E-state index is 0.151. The first-order valence-corrected chi connectivity index (χ1v) is 10.3. The summed E-state index contributed by atoms with van der Waals surface area (Å²) < 4.78 is 0. The van der Waals surface area contributed by atoms with Crippen molar-refractivity contribution >= 4 is 23.7 Å². The summed E-state index contributed by atoms with van der Waals surface area (Å²) in [5.41, 5.74) is 2.12. The number of Topliss-reactive ketones (excluding diaryl/α,β-unsaturated/α-hetero) is 1. The third-order valence-corrected chi connectivity index (χ3v) is 4.86. The minimum atomic E-state index is -1.06. The van der Waals surface area contributed by atoms with Crippen molar-refractivity contribution in [3.63, 3.8) is 0 Å². The van der Waals surface area contributed by atoms with E-state index in [1.54, 1.807) is 0 Å². The Morgan fingerprint density at radius 1 is 0.818 bits per heavy atom. The van der Waals surface area contributed by atoms with Gasteiger partial charge in [0.15, 0.2) is 11.5 Å².